The van der Waals surface area contributed by atoms with Crippen molar-refractivity contribution in [3.05, 3.63) is 0 Å². The molecule has 0 radical (unpaired) electrons. The molecule has 1 amide bonds. The summed E-state index contributed by atoms with van der Waals surface area (Å²) in [7, 11) is 0. The van der Waals surface area contributed by atoms with Crippen LogP contribution in [0.1, 0.15) is 20.3 Å². The zero-order valence-corrected chi connectivity index (χ0v) is 8.23. The first kappa shape index (κ1) is 12.9. The lowest BCUT2D eigenvalue weighted by molar-refractivity contribution is -0.145. The first-order valence-electron chi connectivity index (χ1n) is 4.37. The third-order valence-corrected chi connectivity index (χ3v) is 1.82. The summed E-state index contributed by atoms with van der Waals surface area (Å²) in [6, 6.07) is -2.05. The number of rotatable bonds is 5. The predicted octanol–water partition coefficient (Wildman–Crippen LogP) is -1.33. The number of nitrogens with two attached hydrogens (primary N) is 1. The molecule has 5 N–H and O–H groups in total. The Hall–Kier alpha value is -1.14. The van der Waals surface area contributed by atoms with E-state index < -0.39 is 30.1 Å². The molecule has 0 unspecified atom stereocenters. The molecule has 6 heteroatoms. The van der Waals surface area contributed by atoms with E-state index in [1.807, 2.05) is 0 Å². The number of carboxylic acid groups (broad SMARTS) is 1. The number of carbonyl (C=O) groups excluding carboxylic acids is 1. The number of aliphatic carboxylic acids is 1. The zero-order valence-electron chi connectivity index (χ0n) is 8.23. The lowest BCUT2D eigenvalue weighted by atomic mass is 10.1. The molecule has 6 nitrogen and oxygen atoms in total. The van der Waals surface area contributed by atoms with Crippen molar-refractivity contribution >= 4 is 11.9 Å². The van der Waals surface area contributed by atoms with E-state index in [2.05, 4.69) is 5.32 Å². The van der Waals surface area contributed by atoms with Crippen LogP contribution < -0.4 is 11.1 Å². The van der Waals surface area contributed by atoms with Crippen LogP contribution in [-0.2, 0) is 9.59 Å². The fourth-order valence-electron chi connectivity index (χ4n) is 0.834. The van der Waals surface area contributed by atoms with Crippen LogP contribution in [0.4, 0.5) is 0 Å². The minimum absolute atomic E-state index is 0.415. The Morgan fingerprint density at radius 3 is 2.29 bits per heavy atom. The van der Waals surface area contributed by atoms with Gasteiger partial charge in [-0.25, -0.2) is 4.79 Å². The smallest absolute Gasteiger partial charge is 0.328 e. The Morgan fingerprint density at radius 1 is 1.50 bits per heavy atom. The first-order chi connectivity index (χ1) is 6.40. The van der Waals surface area contributed by atoms with Gasteiger partial charge >= 0.3 is 5.97 Å². The van der Waals surface area contributed by atoms with Crippen molar-refractivity contribution < 1.29 is 19.8 Å². The van der Waals surface area contributed by atoms with E-state index in [-0.39, 0.29) is 0 Å². The maximum atomic E-state index is 11.2. The molecular weight excluding hydrogens is 188 g/mol. The van der Waals surface area contributed by atoms with Gasteiger partial charge in [0.15, 0.2) is 6.04 Å². The van der Waals surface area contributed by atoms with Gasteiger partial charge in [-0.05, 0) is 13.3 Å². The number of nitrogens with one attached hydrogen (secondary N) is 1. The van der Waals surface area contributed by atoms with Crippen LogP contribution in [0.3, 0.4) is 0 Å². The van der Waals surface area contributed by atoms with Crippen LogP contribution in [0, 0.1) is 0 Å². The van der Waals surface area contributed by atoms with Gasteiger partial charge in [0.2, 0.25) is 5.91 Å². The van der Waals surface area contributed by atoms with E-state index in [9.17, 15) is 9.59 Å². The van der Waals surface area contributed by atoms with E-state index in [4.69, 9.17) is 15.9 Å². The van der Waals surface area contributed by atoms with Gasteiger partial charge < -0.3 is 21.3 Å². The number of amides is 1. The van der Waals surface area contributed by atoms with Gasteiger partial charge in [-0.2, -0.15) is 0 Å². The molecule has 0 aromatic heterocycles. The van der Waals surface area contributed by atoms with E-state index >= 15 is 0 Å². The van der Waals surface area contributed by atoms with Gasteiger partial charge in [0.05, 0.1) is 12.1 Å². The standard InChI is InChI=1S/C8H16N2O4/c1-3-5(9)7(12)10-6(4(2)11)8(13)14/h4-6,11H,3,9H2,1-2H3,(H,10,12)(H,13,14)/t4-,5+,6+/m1/s1. The van der Waals surface area contributed by atoms with Gasteiger partial charge in [0, 0.05) is 0 Å². The predicted molar refractivity (Wildman–Crippen MR) is 49.5 cm³/mol. The van der Waals surface area contributed by atoms with E-state index in [1.165, 1.54) is 6.92 Å². The first-order valence-corrected chi connectivity index (χ1v) is 4.37. The summed E-state index contributed by atoms with van der Waals surface area (Å²) in [6.07, 6.45) is -0.738. The summed E-state index contributed by atoms with van der Waals surface area (Å²) in [5.74, 6) is -1.85. The van der Waals surface area contributed by atoms with Crippen LogP contribution in [0.15, 0.2) is 0 Å². The molecule has 0 bridgehead atoms. The van der Waals surface area contributed by atoms with Gasteiger partial charge in [0.25, 0.3) is 0 Å². The van der Waals surface area contributed by atoms with Crippen molar-refractivity contribution in [2.75, 3.05) is 0 Å². The second kappa shape index (κ2) is 5.56. The summed E-state index contributed by atoms with van der Waals surface area (Å²) in [4.78, 5) is 21.8. The normalized spacial score (nSPS) is 16.9. The van der Waals surface area contributed by atoms with Crippen LogP contribution >= 0.6 is 0 Å². The Morgan fingerprint density at radius 2 is 2.00 bits per heavy atom. The van der Waals surface area contributed by atoms with Crippen molar-refractivity contribution in [2.24, 2.45) is 5.73 Å². The minimum atomic E-state index is -1.31. The molecule has 0 aromatic rings. The van der Waals surface area contributed by atoms with Crippen molar-refractivity contribution in [1.82, 2.24) is 5.32 Å². The largest absolute Gasteiger partial charge is 0.480 e. The summed E-state index contributed by atoms with van der Waals surface area (Å²) in [5.41, 5.74) is 5.38. The lowest BCUT2D eigenvalue weighted by Crippen LogP contribution is -2.52. The van der Waals surface area contributed by atoms with Gasteiger partial charge in [-0.3, -0.25) is 4.79 Å². The summed E-state index contributed by atoms with van der Waals surface area (Å²) < 4.78 is 0. The number of aliphatic hydroxyl groups is 1. The highest BCUT2D eigenvalue weighted by atomic mass is 16.4. The topological polar surface area (TPSA) is 113 Å². The highest BCUT2D eigenvalue weighted by Crippen LogP contribution is 1.95. The lowest BCUT2D eigenvalue weighted by Gasteiger charge is -2.18. The molecule has 0 spiro atoms. The Balaban J connectivity index is 4.31. The highest BCUT2D eigenvalue weighted by molar-refractivity contribution is 5.87. The van der Waals surface area contributed by atoms with E-state index in [0.29, 0.717) is 6.42 Å². The molecular formula is C8H16N2O4. The molecule has 3 atom stereocenters. The third kappa shape index (κ3) is 3.71. The van der Waals surface area contributed by atoms with Gasteiger partial charge in [-0.15, -0.1) is 0 Å². The SMILES string of the molecule is CC[C@H](N)C(=O)N[C@H](C(=O)O)[C@@H](C)O. The Kier molecular flexibility index (Phi) is 5.11. The summed E-state index contributed by atoms with van der Waals surface area (Å²) in [6.45, 7) is 3.00. The Bertz CT molecular complexity index is 217. The minimum Gasteiger partial charge on any atom is -0.480 e. The molecule has 0 aliphatic carbocycles. The number of aliphatic hydroxyl groups excluding tert-OH is 1. The number of carboxylic acids is 1. The van der Waals surface area contributed by atoms with Gasteiger partial charge in [-0.1, -0.05) is 6.92 Å². The number of carbonyl (C=O) groups is 2. The molecule has 0 fully saturated rings. The molecule has 0 rings (SSSR count). The summed E-state index contributed by atoms with van der Waals surface area (Å²) in [5, 5.41) is 19.8. The quantitative estimate of drug-likeness (QED) is 0.443. The van der Waals surface area contributed by atoms with Crippen LogP contribution in [0.25, 0.3) is 0 Å². The van der Waals surface area contributed by atoms with Crippen molar-refractivity contribution in [3.63, 3.8) is 0 Å². The summed E-state index contributed by atoms with van der Waals surface area (Å²) >= 11 is 0. The second-order valence-electron chi connectivity index (χ2n) is 3.08. The van der Waals surface area contributed by atoms with Crippen molar-refractivity contribution in [2.45, 2.75) is 38.5 Å². The molecule has 0 aliphatic rings. The van der Waals surface area contributed by atoms with Gasteiger partial charge in [0.1, 0.15) is 0 Å². The van der Waals surface area contributed by atoms with Crippen molar-refractivity contribution in [1.29, 1.82) is 0 Å². The van der Waals surface area contributed by atoms with Crippen LogP contribution in [-0.4, -0.2) is 40.3 Å². The molecule has 14 heavy (non-hydrogen) atoms. The highest BCUT2D eigenvalue weighted by Gasteiger charge is 2.26. The molecule has 0 heterocycles. The molecule has 82 valence electrons. The number of hydrogen-bond acceptors (Lipinski definition) is 4. The van der Waals surface area contributed by atoms with E-state index in [0.717, 1.165) is 0 Å². The fraction of sp³-hybridized carbons (Fsp3) is 0.750. The molecule has 0 aliphatic heterocycles. The second-order valence-corrected chi connectivity index (χ2v) is 3.08. The molecule has 0 aromatic carbocycles. The molecule has 0 saturated heterocycles. The average Bonchev–Trinajstić information content (AvgIpc) is 2.11. The monoisotopic (exact) mass is 204 g/mol. The maximum absolute atomic E-state index is 11.2. The average molecular weight is 204 g/mol. The fourth-order valence-corrected chi connectivity index (χ4v) is 0.834. The molecule has 0 saturated carbocycles. The zero-order chi connectivity index (χ0) is 11.3. The number of hydrogen-bond donors (Lipinski definition) is 4. The van der Waals surface area contributed by atoms with Crippen LogP contribution in [0.5, 0.6) is 0 Å². The van der Waals surface area contributed by atoms with Crippen LogP contribution in [0.2, 0.25) is 0 Å². The van der Waals surface area contributed by atoms with Crippen molar-refractivity contribution in [3.8, 4) is 0 Å². The maximum Gasteiger partial charge on any atom is 0.328 e. The van der Waals surface area contributed by atoms with E-state index in [1.54, 1.807) is 6.92 Å². The Labute approximate surface area is 82.1 Å². The third-order valence-electron chi connectivity index (χ3n) is 1.82.